The van der Waals surface area contributed by atoms with Gasteiger partial charge in [0.1, 0.15) is 0 Å². The Balaban J connectivity index is 0.00000176. The first-order valence-electron chi connectivity index (χ1n) is 7.95. The highest BCUT2D eigenvalue weighted by molar-refractivity contribution is 5.92. The van der Waals surface area contributed by atoms with Crippen LogP contribution in [0, 0.1) is 13.8 Å². The second-order valence-corrected chi connectivity index (χ2v) is 6.51. The summed E-state index contributed by atoms with van der Waals surface area (Å²) in [5, 5.41) is 6.67. The van der Waals surface area contributed by atoms with Crippen molar-refractivity contribution in [3.63, 3.8) is 0 Å². The SMILES string of the molecule is Cc1ccc(NC(=O)CN2CCC3CCC(C2)N3)cc1C.Cl. The van der Waals surface area contributed by atoms with E-state index in [2.05, 4.69) is 35.4 Å². The summed E-state index contributed by atoms with van der Waals surface area (Å²) in [6, 6.07) is 7.32. The Labute approximate surface area is 139 Å². The summed E-state index contributed by atoms with van der Waals surface area (Å²) in [7, 11) is 0. The fraction of sp³-hybridized carbons (Fsp3) is 0.588. The van der Waals surface area contributed by atoms with Gasteiger partial charge in [0.05, 0.1) is 6.54 Å². The standard InChI is InChI=1S/C17H25N3O.ClH/c1-12-3-4-15(9-13(12)2)19-17(21)11-20-8-7-14-5-6-16(10-20)18-14;/h3-4,9,14,16,18H,5-8,10-11H2,1-2H3,(H,19,21);1H. The molecule has 4 nitrogen and oxygen atoms in total. The van der Waals surface area contributed by atoms with Gasteiger partial charge in [-0.25, -0.2) is 0 Å². The molecule has 2 N–H and O–H groups in total. The number of hydrogen-bond acceptors (Lipinski definition) is 3. The number of carbonyl (C=O) groups excluding carboxylic acids is 1. The minimum absolute atomic E-state index is 0. The molecule has 0 spiro atoms. The fourth-order valence-corrected chi connectivity index (χ4v) is 3.38. The summed E-state index contributed by atoms with van der Waals surface area (Å²) < 4.78 is 0. The van der Waals surface area contributed by atoms with Gasteiger partial charge in [-0.15, -0.1) is 12.4 Å². The van der Waals surface area contributed by atoms with Crippen molar-refractivity contribution in [1.82, 2.24) is 10.2 Å². The van der Waals surface area contributed by atoms with Crippen molar-refractivity contribution in [3.05, 3.63) is 29.3 Å². The Bertz CT molecular complexity index is 535. The van der Waals surface area contributed by atoms with Crippen LogP contribution in [0.15, 0.2) is 18.2 Å². The van der Waals surface area contributed by atoms with E-state index in [-0.39, 0.29) is 18.3 Å². The van der Waals surface area contributed by atoms with Crippen molar-refractivity contribution in [2.24, 2.45) is 0 Å². The van der Waals surface area contributed by atoms with Gasteiger partial charge in [0, 0.05) is 30.9 Å². The van der Waals surface area contributed by atoms with Crippen molar-refractivity contribution >= 4 is 24.0 Å². The zero-order valence-corrected chi connectivity index (χ0v) is 14.2. The van der Waals surface area contributed by atoms with Crippen molar-refractivity contribution in [2.45, 2.75) is 45.2 Å². The summed E-state index contributed by atoms with van der Waals surface area (Å²) in [5.41, 5.74) is 3.37. The minimum atomic E-state index is 0. The van der Waals surface area contributed by atoms with E-state index in [9.17, 15) is 4.79 Å². The molecule has 2 heterocycles. The monoisotopic (exact) mass is 323 g/mol. The van der Waals surface area contributed by atoms with Gasteiger partial charge in [0.15, 0.2) is 0 Å². The highest BCUT2D eigenvalue weighted by atomic mass is 35.5. The number of hydrogen-bond donors (Lipinski definition) is 2. The van der Waals surface area contributed by atoms with E-state index in [0.717, 1.165) is 25.2 Å². The lowest BCUT2D eigenvalue weighted by molar-refractivity contribution is -0.117. The second-order valence-electron chi connectivity index (χ2n) is 6.51. The number of rotatable bonds is 3. The molecule has 2 bridgehead atoms. The van der Waals surface area contributed by atoms with E-state index in [1.54, 1.807) is 0 Å². The minimum Gasteiger partial charge on any atom is -0.325 e. The number of likely N-dealkylation sites (tertiary alicyclic amines) is 1. The lowest BCUT2D eigenvalue weighted by Gasteiger charge is -2.23. The third-order valence-electron chi connectivity index (χ3n) is 4.77. The van der Waals surface area contributed by atoms with E-state index in [1.165, 1.54) is 24.0 Å². The molecule has 2 aliphatic heterocycles. The van der Waals surface area contributed by atoms with E-state index < -0.39 is 0 Å². The van der Waals surface area contributed by atoms with Crippen LogP contribution in [-0.4, -0.2) is 42.5 Å². The number of carbonyl (C=O) groups is 1. The van der Waals surface area contributed by atoms with Crippen LogP contribution in [0.25, 0.3) is 0 Å². The highest BCUT2D eigenvalue weighted by Crippen LogP contribution is 2.20. The number of nitrogens with one attached hydrogen (secondary N) is 2. The quantitative estimate of drug-likeness (QED) is 0.898. The maximum atomic E-state index is 12.2. The van der Waals surface area contributed by atoms with Gasteiger partial charge in [0.2, 0.25) is 5.91 Å². The van der Waals surface area contributed by atoms with Crippen LogP contribution in [0.3, 0.4) is 0 Å². The summed E-state index contributed by atoms with van der Waals surface area (Å²) in [4.78, 5) is 14.5. The van der Waals surface area contributed by atoms with Crippen molar-refractivity contribution < 1.29 is 4.79 Å². The zero-order valence-electron chi connectivity index (χ0n) is 13.4. The molecule has 1 aromatic carbocycles. The molecule has 0 saturated carbocycles. The Hall–Kier alpha value is -1.10. The Morgan fingerprint density at radius 3 is 2.77 bits per heavy atom. The van der Waals surface area contributed by atoms with Crippen molar-refractivity contribution in [1.29, 1.82) is 0 Å². The number of aryl methyl sites for hydroxylation is 2. The van der Waals surface area contributed by atoms with Crippen LogP contribution >= 0.6 is 12.4 Å². The molecule has 2 atom stereocenters. The topological polar surface area (TPSA) is 44.4 Å². The number of amides is 1. The predicted molar refractivity (Wildman–Crippen MR) is 92.8 cm³/mol. The van der Waals surface area contributed by atoms with Gasteiger partial charge in [-0.1, -0.05) is 6.07 Å². The van der Waals surface area contributed by atoms with Gasteiger partial charge in [-0.05, 0) is 56.4 Å². The molecule has 0 radical (unpaired) electrons. The lowest BCUT2D eigenvalue weighted by Crippen LogP contribution is -2.39. The molecule has 122 valence electrons. The van der Waals surface area contributed by atoms with Crippen LogP contribution in [-0.2, 0) is 4.79 Å². The average molecular weight is 324 g/mol. The van der Waals surface area contributed by atoms with E-state index >= 15 is 0 Å². The Morgan fingerprint density at radius 1 is 1.23 bits per heavy atom. The van der Waals surface area contributed by atoms with Gasteiger partial charge < -0.3 is 10.6 Å². The maximum Gasteiger partial charge on any atom is 0.238 e. The van der Waals surface area contributed by atoms with Crippen LogP contribution in [0.4, 0.5) is 5.69 Å². The molecular formula is C17H26ClN3O. The number of nitrogens with zero attached hydrogens (tertiary/aromatic N) is 1. The van der Waals surface area contributed by atoms with Crippen LogP contribution < -0.4 is 10.6 Å². The number of anilines is 1. The molecular weight excluding hydrogens is 298 g/mol. The van der Waals surface area contributed by atoms with Gasteiger partial charge in [-0.2, -0.15) is 0 Å². The molecule has 22 heavy (non-hydrogen) atoms. The molecule has 5 heteroatoms. The summed E-state index contributed by atoms with van der Waals surface area (Å²) >= 11 is 0. The lowest BCUT2D eigenvalue weighted by atomic mass is 10.1. The normalized spacial score (nSPS) is 24.5. The van der Waals surface area contributed by atoms with E-state index in [0.29, 0.717) is 18.6 Å². The van der Waals surface area contributed by atoms with Crippen molar-refractivity contribution in [2.75, 3.05) is 25.0 Å². The summed E-state index contributed by atoms with van der Waals surface area (Å²) in [6.45, 7) is 6.67. The summed E-state index contributed by atoms with van der Waals surface area (Å²) in [6.07, 6.45) is 3.71. The smallest absolute Gasteiger partial charge is 0.238 e. The largest absolute Gasteiger partial charge is 0.325 e. The molecule has 3 rings (SSSR count). The van der Waals surface area contributed by atoms with Crippen molar-refractivity contribution in [3.8, 4) is 0 Å². The van der Waals surface area contributed by atoms with Crippen LogP contribution in [0.2, 0.25) is 0 Å². The van der Waals surface area contributed by atoms with Gasteiger partial charge in [0.25, 0.3) is 0 Å². The molecule has 2 saturated heterocycles. The van der Waals surface area contributed by atoms with Gasteiger partial charge in [-0.3, -0.25) is 9.69 Å². The second kappa shape index (κ2) is 7.44. The number of fused-ring (bicyclic) bond motifs is 2. The first-order chi connectivity index (χ1) is 10.1. The van der Waals surface area contributed by atoms with Crippen LogP contribution in [0.5, 0.6) is 0 Å². The molecule has 0 aromatic heterocycles. The molecule has 1 aromatic rings. The molecule has 2 unspecified atom stereocenters. The zero-order chi connectivity index (χ0) is 14.8. The Morgan fingerprint density at radius 2 is 2.00 bits per heavy atom. The third kappa shape index (κ3) is 4.22. The van der Waals surface area contributed by atoms with Gasteiger partial charge >= 0.3 is 0 Å². The number of benzene rings is 1. The number of halogens is 1. The third-order valence-corrected chi connectivity index (χ3v) is 4.77. The average Bonchev–Trinajstić information content (AvgIpc) is 2.77. The van der Waals surface area contributed by atoms with Crippen LogP contribution in [0.1, 0.15) is 30.4 Å². The van der Waals surface area contributed by atoms with E-state index in [4.69, 9.17) is 0 Å². The molecule has 0 aliphatic carbocycles. The molecule has 2 fully saturated rings. The van der Waals surface area contributed by atoms with E-state index in [1.807, 2.05) is 12.1 Å². The Kier molecular flexibility index (Phi) is 5.84. The molecule has 2 aliphatic rings. The highest BCUT2D eigenvalue weighted by Gasteiger charge is 2.29. The first-order valence-corrected chi connectivity index (χ1v) is 7.95. The fourth-order valence-electron chi connectivity index (χ4n) is 3.38. The first kappa shape index (κ1) is 17.3. The predicted octanol–water partition coefficient (Wildman–Crippen LogP) is 2.49. The summed E-state index contributed by atoms with van der Waals surface area (Å²) in [5.74, 6) is 0.0935. The molecule has 1 amide bonds. The maximum absolute atomic E-state index is 12.2.